The minimum absolute atomic E-state index is 0.0150. The highest BCUT2D eigenvalue weighted by atomic mass is 16.5. The van der Waals surface area contributed by atoms with Gasteiger partial charge in [0.2, 0.25) is 0 Å². The predicted molar refractivity (Wildman–Crippen MR) is 73.7 cm³/mol. The van der Waals surface area contributed by atoms with Crippen molar-refractivity contribution in [2.45, 2.75) is 32.8 Å². The molecular formula is C15H17NO4. The smallest absolute Gasteiger partial charge is 0.303 e. The molecule has 20 heavy (non-hydrogen) atoms. The number of aliphatic carboxylic acids is 1. The molecule has 5 nitrogen and oxygen atoms in total. The molecule has 1 aromatic heterocycles. The van der Waals surface area contributed by atoms with Crippen LogP contribution in [-0.2, 0) is 11.2 Å². The lowest BCUT2D eigenvalue weighted by molar-refractivity contribution is -0.137. The van der Waals surface area contributed by atoms with Gasteiger partial charge in [0.25, 0.3) is 0 Å². The quantitative estimate of drug-likeness (QED) is 0.876. The van der Waals surface area contributed by atoms with Gasteiger partial charge in [0.15, 0.2) is 11.7 Å². The standard InChI is InChI=1S/C15H17NO4/c1-10(2)19-12-5-3-11(4-6-12)13-9-16-14(20-13)7-8-15(17)18/h3-6,9-10H,7-8H2,1-2H3,(H,17,18). The first-order valence-electron chi connectivity index (χ1n) is 6.48. The lowest BCUT2D eigenvalue weighted by Gasteiger charge is -2.09. The molecule has 0 amide bonds. The van der Waals surface area contributed by atoms with Crippen molar-refractivity contribution in [3.63, 3.8) is 0 Å². The van der Waals surface area contributed by atoms with Gasteiger partial charge in [-0.3, -0.25) is 4.79 Å². The molecule has 0 saturated heterocycles. The number of oxazole rings is 1. The van der Waals surface area contributed by atoms with E-state index in [0.717, 1.165) is 11.3 Å². The Morgan fingerprint density at radius 2 is 2.05 bits per heavy atom. The number of nitrogens with zero attached hydrogens (tertiary/aromatic N) is 1. The van der Waals surface area contributed by atoms with E-state index in [9.17, 15) is 4.79 Å². The molecule has 0 aliphatic carbocycles. The van der Waals surface area contributed by atoms with Crippen molar-refractivity contribution in [2.75, 3.05) is 0 Å². The summed E-state index contributed by atoms with van der Waals surface area (Å²) in [6, 6.07) is 7.52. The van der Waals surface area contributed by atoms with Crippen LogP contribution in [0.5, 0.6) is 5.75 Å². The number of aryl methyl sites for hydroxylation is 1. The molecule has 1 N–H and O–H groups in total. The van der Waals surface area contributed by atoms with Crippen LogP contribution in [0.3, 0.4) is 0 Å². The van der Waals surface area contributed by atoms with Crippen molar-refractivity contribution >= 4 is 5.97 Å². The number of ether oxygens (including phenoxy) is 1. The molecule has 1 heterocycles. The minimum Gasteiger partial charge on any atom is -0.491 e. The second-order valence-electron chi connectivity index (χ2n) is 4.70. The number of hydrogen-bond acceptors (Lipinski definition) is 4. The highest BCUT2D eigenvalue weighted by molar-refractivity contribution is 5.66. The summed E-state index contributed by atoms with van der Waals surface area (Å²) in [6.07, 6.45) is 2.05. The maximum atomic E-state index is 10.5. The Hall–Kier alpha value is -2.30. The van der Waals surface area contributed by atoms with Crippen LogP contribution in [-0.4, -0.2) is 22.2 Å². The third-order valence-electron chi connectivity index (χ3n) is 2.62. The molecule has 0 atom stereocenters. The Morgan fingerprint density at radius 3 is 2.65 bits per heavy atom. The van der Waals surface area contributed by atoms with Crippen molar-refractivity contribution in [3.05, 3.63) is 36.4 Å². The molecule has 2 aromatic rings. The van der Waals surface area contributed by atoms with Crippen LogP contribution in [0.15, 0.2) is 34.9 Å². The van der Waals surface area contributed by atoms with E-state index in [1.54, 1.807) is 6.20 Å². The number of hydrogen-bond donors (Lipinski definition) is 1. The van der Waals surface area contributed by atoms with Crippen LogP contribution in [0.25, 0.3) is 11.3 Å². The van der Waals surface area contributed by atoms with E-state index >= 15 is 0 Å². The summed E-state index contributed by atoms with van der Waals surface area (Å²) in [5, 5.41) is 8.62. The van der Waals surface area contributed by atoms with Crippen LogP contribution in [0.4, 0.5) is 0 Å². The third kappa shape index (κ3) is 3.85. The van der Waals surface area contributed by atoms with E-state index in [1.165, 1.54) is 0 Å². The molecule has 0 spiro atoms. The van der Waals surface area contributed by atoms with Crippen LogP contribution in [0.1, 0.15) is 26.2 Å². The molecule has 1 aromatic carbocycles. The summed E-state index contributed by atoms with van der Waals surface area (Å²) in [6.45, 7) is 3.94. The second kappa shape index (κ2) is 6.23. The molecule has 0 saturated carbocycles. The molecule has 0 bridgehead atoms. The first-order valence-corrected chi connectivity index (χ1v) is 6.48. The van der Waals surface area contributed by atoms with E-state index in [1.807, 2.05) is 38.1 Å². The Morgan fingerprint density at radius 1 is 1.35 bits per heavy atom. The summed E-state index contributed by atoms with van der Waals surface area (Å²) in [4.78, 5) is 14.6. The van der Waals surface area contributed by atoms with Gasteiger partial charge < -0.3 is 14.3 Å². The first-order chi connectivity index (χ1) is 9.54. The van der Waals surface area contributed by atoms with Crippen LogP contribution in [0.2, 0.25) is 0 Å². The summed E-state index contributed by atoms with van der Waals surface area (Å²) >= 11 is 0. The Labute approximate surface area is 117 Å². The average Bonchev–Trinajstić information content (AvgIpc) is 2.85. The van der Waals surface area contributed by atoms with E-state index < -0.39 is 5.97 Å². The van der Waals surface area contributed by atoms with Gasteiger partial charge in [-0.25, -0.2) is 4.98 Å². The molecule has 0 aliphatic rings. The highest BCUT2D eigenvalue weighted by Crippen LogP contribution is 2.24. The van der Waals surface area contributed by atoms with Gasteiger partial charge in [-0.1, -0.05) is 0 Å². The lowest BCUT2D eigenvalue weighted by atomic mass is 10.2. The Bertz CT molecular complexity index is 572. The molecule has 2 rings (SSSR count). The monoisotopic (exact) mass is 275 g/mol. The van der Waals surface area contributed by atoms with E-state index in [4.69, 9.17) is 14.3 Å². The zero-order valence-corrected chi connectivity index (χ0v) is 11.5. The van der Waals surface area contributed by atoms with Gasteiger partial charge in [-0.05, 0) is 38.1 Å². The molecule has 0 aliphatic heterocycles. The number of carboxylic acids is 1. The predicted octanol–water partition coefficient (Wildman–Crippen LogP) is 3.15. The largest absolute Gasteiger partial charge is 0.491 e. The molecule has 106 valence electrons. The molecule has 5 heteroatoms. The van der Waals surface area contributed by atoms with Gasteiger partial charge in [0, 0.05) is 12.0 Å². The third-order valence-corrected chi connectivity index (χ3v) is 2.62. The zero-order chi connectivity index (χ0) is 14.5. The number of benzene rings is 1. The topological polar surface area (TPSA) is 72.6 Å². The summed E-state index contributed by atoms with van der Waals surface area (Å²) in [7, 11) is 0. The van der Waals surface area contributed by atoms with Crippen LogP contribution in [0, 0.1) is 0 Å². The van der Waals surface area contributed by atoms with Crippen molar-refractivity contribution in [3.8, 4) is 17.1 Å². The Kier molecular flexibility index (Phi) is 4.40. The maximum absolute atomic E-state index is 10.5. The SMILES string of the molecule is CC(C)Oc1ccc(-c2cnc(CCC(=O)O)o2)cc1. The molecule has 0 radical (unpaired) electrons. The van der Waals surface area contributed by atoms with E-state index in [-0.39, 0.29) is 12.5 Å². The fourth-order valence-electron chi connectivity index (χ4n) is 1.74. The van der Waals surface area contributed by atoms with Crippen LogP contribution >= 0.6 is 0 Å². The van der Waals surface area contributed by atoms with Crippen molar-refractivity contribution in [1.29, 1.82) is 0 Å². The van der Waals surface area contributed by atoms with Crippen LogP contribution < -0.4 is 4.74 Å². The zero-order valence-electron chi connectivity index (χ0n) is 11.5. The van der Waals surface area contributed by atoms with Crippen molar-refractivity contribution in [2.24, 2.45) is 0 Å². The van der Waals surface area contributed by atoms with Crippen molar-refractivity contribution in [1.82, 2.24) is 4.98 Å². The first kappa shape index (κ1) is 14.1. The average molecular weight is 275 g/mol. The fourth-order valence-corrected chi connectivity index (χ4v) is 1.74. The van der Waals surface area contributed by atoms with Gasteiger partial charge in [0.05, 0.1) is 18.7 Å². The number of carbonyl (C=O) groups is 1. The number of carboxylic acid groups (broad SMARTS) is 1. The van der Waals surface area contributed by atoms with Gasteiger partial charge in [-0.2, -0.15) is 0 Å². The van der Waals surface area contributed by atoms with Gasteiger partial charge >= 0.3 is 5.97 Å². The molecule has 0 unspecified atom stereocenters. The second-order valence-corrected chi connectivity index (χ2v) is 4.70. The summed E-state index contributed by atoms with van der Waals surface area (Å²) in [5.74, 6) is 1.00. The summed E-state index contributed by atoms with van der Waals surface area (Å²) < 4.78 is 11.1. The lowest BCUT2D eigenvalue weighted by Crippen LogP contribution is -2.05. The van der Waals surface area contributed by atoms with E-state index in [0.29, 0.717) is 18.1 Å². The maximum Gasteiger partial charge on any atom is 0.303 e. The molecule has 0 fully saturated rings. The minimum atomic E-state index is -0.861. The van der Waals surface area contributed by atoms with Crippen molar-refractivity contribution < 1.29 is 19.1 Å². The van der Waals surface area contributed by atoms with Gasteiger partial charge in [0.1, 0.15) is 5.75 Å². The fraction of sp³-hybridized carbons (Fsp3) is 0.333. The number of aromatic nitrogens is 1. The Balaban J connectivity index is 2.06. The summed E-state index contributed by atoms with van der Waals surface area (Å²) in [5.41, 5.74) is 0.884. The normalized spacial score (nSPS) is 10.8. The highest BCUT2D eigenvalue weighted by Gasteiger charge is 2.08. The number of rotatable bonds is 6. The van der Waals surface area contributed by atoms with Gasteiger partial charge in [-0.15, -0.1) is 0 Å². The molecular weight excluding hydrogens is 258 g/mol. The van der Waals surface area contributed by atoms with E-state index in [2.05, 4.69) is 4.98 Å².